The second-order valence-corrected chi connectivity index (χ2v) is 5.47. The lowest BCUT2D eigenvalue weighted by molar-refractivity contribution is 0.480. The van der Waals surface area contributed by atoms with E-state index in [-0.39, 0.29) is 31.1 Å². The van der Waals surface area contributed by atoms with Gasteiger partial charge in [0.05, 0.1) is 0 Å². The van der Waals surface area contributed by atoms with Gasteiger partial charge >= 0.3 is 0 Å². The standard InChI is InChI=1S/C10H13F3N2O2S.ClH/c1-6(14-2)5-15-18(16,17)10-4-8(12)7(11)3-9(10)13;/h3-4,6,14-15H,5H2,1-2H3;1H. The van der Waals surface area contributed by atoms with Crippen LogP contribution in [-0.2, 0) is 10.0 Å². The monoisotopic (exact) mass is 318 g/mol. The molecule has 110 valence electrons. The number of benzene rings is 1. The molecule has 0 heterocycles. The molecule has 2 N–H and O–H groups in total. The Bertz CT molecular complexity index is 540. The maximum atomic E-state index is 13.3. The molecule has 9 heteroatoms. The molecule has 1 rings (SSSR count). The van der Waals surface area contributed by atoms with Crippen molar-refractivity contribution in [2.24, 2.45) is 0 Å². The largest absolute Gasteiger partial charge is 0.316 e. The van der Waals surface area contributed by atoms with Crippen molar-refractivity contribution in [2.75, 3.05) is 13.6 Å². The molecule has 0 bridgehead atoms. The molecule has 1 unspecified atom stereocenters. The lowest BCUT2D eigenvalue weighted by Crippen LogP contribution is -2.37. The van der Waals surface area contributed by atoms with E-state index in [4.69, 9.17) is 0 Å². The zero-order chi connectivity index (χ0) is 13.9. The number of halogens is 4. The van der Waals surface area contributed by atoms with Crippen LogP contribution >= 0.6 is 12.4 Å². The molecule has 1 atom stereocenters. The Balaban J connectivity index is 0.00000324. The normalized spacial score (nSPS) is 12.9. The molecule has 0 aliphatic heterocycles. The van der Waals surface area contributed by atoms with Crippen molar-refractivity contribution < 1.29 is 21.6 Å². The third-order valence-electron chi connectivity index (χ3n) is 2.34. The minimum atomic E-state index is -4.21. The highest BCUT2D eigenvalue weighted by molar-refractivity contribution is 7.89. The lowest BCUT2D eigenvalue weighted by atomic mass is 10.3. The summed E-state index contributed by atoms with van der Waals surface area (Å²) in [6.07, 6.45) is 0. The van der Waals surface area contributed by atoms with E-state index in [1.54, 1.807) is 14.0 Å². The van der Waals surface area contributed by atoms with E-state index in [1.807, 2.05) is 0 Å². The van der Waals surface area contributed by atoms with Crippen LogP contribution in [0.3, 0.4) is 0 Å². The molecule has 0 spiro atoms. The molecule has 0 aromatic heterocycles. The fraction of sp³-hybridized carbons (Fsp3) is 0.400. The third kappa shape index (κ3) is 4.64. The average Bonchev–Trinajstić information content (AvgIpc) is 2.30. The highest BCUT2D eigenvalue weighted by atomic mass is 35.5. The van der Waals surface area contributed by atoms with E-state index < -0.39 is 32.4 Å². The van der Waals surface area contributed by atoms with Gasteiger partial charge in [-0.15, -0.1) is 12.4 Å². The molecular weight excluding hydrogens is 305 g/mol. The smallest absolute Gasteiger partial charge is 0.243 e. The van der Waals surface area contributed by atoms with Gasteiger partial charge in [-0.25, -0.2) is 26.3 Å². The van der Waals surface area contributed by atoms with Gasteiger partial charge in [0.25, 0.3) is 0 Å². The highest BCUT2D eigenvalue weighted by Gasteiger charge is 2.22. The number of likely N-dealkylation sites (N-methyl/N-ethyl adjacent to an activating group) is 1. The molecular formula is C10H14ClF3N2O2S. The van der Waals surface area contributed by atoms with Crippen molar-refractivity contribution in [3.8, 4) is 0 Å². The van der Waals surface area contributed by atoms with E-state index in [2.05, 4.69) is 10.0 Å². The SMILES string of the molecule is CNC(C)CNS(=O)(=O)c1cc(F)c(F)cc1F.Cl. The lowest BCUT2D eigenvalue weighted by Gasteiger charge is -2.12. The van der Waals surface area contributed by atoms with E-state index in [0.29, 0.717) is 6.07 Å². The highest BCUT2D eigenvalue weighted by Crippen LogP contribution is 2.18. The van der Waals surface area contributed by atoms with Gasteiger partial charge in [0.1, 0.15) is 10.7 Å². The average molecular weight is 319 g/mol. The molecule has 1 aromatic rings. The predicted molar refractivity (Wildman–Crippen MR) is 67.3 cm³/mol. The summed E-state index contributed by atoms with van der Waals surface area (Å²) >= 11 is 0. The molecule has 1 aromatic carbocycles. The summed E-state index contributed by atoms with van der Waals surface area (Å²) < 4.78 is 64.3. The number of rotatable bonds is 5. The fourth-order valence-electron chi connectivity index (χ4n) is 1.12. The van der Waals surface area contributed by atoms with Gasteiger partial charge in [0.15, 0.2) is 11.6 Å². The van der Waals surface area contributed by atoms with Gasteiger partial charge in [0.2, 0.25) is 10.0 Å². The Kier molecular flexibility index (Phi) is 6.78. The maximum absolute atomic E-state index is 13.3. The summed E-state index contributed by atoms with van der Waals surface area (Å²) in [6.45, 7) is 1.70. The first-order valence-corrected chi connectivity index (χ1v) is 6.57. The van der Waals surface area contributed by atoms with Gasteiger partial charge in [0, 0.05) is 18.7 Å². The zero-order valence-corrected chi connectivity index (χ0v) is 11.8. The second-order valence-electron chi connectivity index (χ2n) is 3.74. The van der Waals surface area contributed by atoms with E-state index in [9.17, 15) is 21.6 Å². The Morgan fingerprint density at radius 2 is 1.68 bits per heavy atom. The number of sulfonamides is 1. The van der Waals surface area contributed by atoms with Gasteiger partial charge in [-0.05, 0) is 20.0 Å². The Morgan fingerprint density at radius 3 is 2.21 bits per heavy atom. The van der Waals surface area contributed by atoms with Crippen LogP contribution in [0, 0.1) is 17.5 Å². The van der Waals surface area contributed by atoms with E-state index in [1.165, 1.54) is 0 Å². The maximum Gasteiger partial charge on any atom is 0.243 e. The predicted octanol–water partition coefficient (Wildman–Crippen LogP) is 1.41. The first kappa shape index (κ1) is 18.2. The Morgan fingerprint density at radius 1 is 1.16 bits per heavy atom. The van der Waals surface area contributed by atoms with Crippen LogP contribution in [0.1, 0.15) is 6.92 Å². The van der Waals surface area contributed by atoms with Crippen molar-refractivity contribution in [3.63, 3.8) is 0 Å². The molecule has 19 heavy (non-hydrogen) atoms. The van der Waals surface area contributed by atoms with Gasteiger partial charge in [-0.1, -0.05) is 0 Å². The van der Waals surface area contributed by atoms with Crippen LogP contribution in [0.25, 0.3) is 0 Å². The van der Waals surface area contributed by atoms with Crippen LogP contribution in [0.5, 0.6) is 0 Å². The zero-order valence-electron chi connectivity index (χ0n) is 10.2. The van der Waals surface area contributed by atoms with Crippen LogP contribution in [0.4, 0.5) is 13.2 Å². The number of hydrogen-bond acceptors (Lipinski definition) is 3. The Labute approximate surface area is 115 Å². The van der Waals surface area contributed by atoms with Gasteiger partial charge < -0.3 is 5.32 Å². The summed E-state index contributed by atoms with van der Waals surface area (Å²) in [5.74, 6) is -4.19. The second kappa shape index (κ2) is 7.09. The number of nitrogens with one attached hydrogen (secondary N) is 2. The van der Waals surface area contributed by atoms with E-state index >= 15 is 0 Å². The van der Waals surface area contributed by atoms with Crippen LogP contribution in [-0.4, -0.2) is 28.1 Å². The van der Waals surface area contributed by atoms with Gasteiger partial charge in [-0.3, -0.25) is 0 Å². The van der Waals surface area contributed by atoms with Crippen molar-refractivity contribution in [1.82, 2.24) is 10.0 Å². The first-order valence-electron chi connectivity index (χ1n) is 5.09. The molecule has 0 radical (unpaired) electrons. The molecule has 0 aliphatic rings. The summed E-state index contributed by atoms with van der Waals surface area (Å²) in [5.41, 5.74) is 0. The van der Waals surface area contributed by atoms with Crippen molar-refractivity contribution in [3.05, 3.63) is 29.6 Å². The summed E-state index contributed by atoms with van der Waals surface area (Å²) in [7, 11) is -2.58. The molecule has 0 fully saturated rings. The Hall–Kier alpha value is -0.830. The van der Waals surface area contributed by atoms with Crippen molar-refractivity contribution in [1.29, 1.82) is 0 Å². The number of hydrogen-bond donors (Lipinski definition) is 2. The quantitative estimate of drug-likeness (QED) is 0.807. The van der Waals surface area contributed by atoms with Crippen LogP contribution in [0.15, 0.2) is 17.0 Å². The van der Waals surface area contributed by atoms with Crippen molar-refractivity contribution >= 4 is 22.4 Å². The topological polar surface area (TPSA) is 58.2 Å². The summed E-state index contributed by atoms with van der Waals surface area (Å²) in [5, 5.41) is 2.77. The minimum absolute atomic E-state index is 0. The van der Waals surface area contributed by atoms with Gasteiger partial charge in [-0.2, -0.15) is 0 Å². The molecule has 0 amide bonds. The fourth-order valence-corrected chi connectivity index (χ4v) is 2.32. The van der Waals surface area contributed by atoms with Crippen LogP contribution in [0.2, 0.25) is 0 Å². The minimum Gasteiger partial charge on any atom is -0.316 e. The van der Waals surface area contributed by atoms with E-state index in [0.717, 1.165) is 0 Å². The first-order chi connectivity index (χ1) is 8.27. The molecule has 4 nitrogen and oxygen atoms in total. The molecule has 0 saturated carbocycles. The summed E-state index contributed by atoms with van der Waals surface area (Å²) in [6, 6.07) is 0.329. The molecule has 0 aliphatic carbocycles. The third-order valence-corrected chi connectivity index (χ3v) is 3.78. The summed E-state index contributed by atoms with van der Waals surface area (Å²) in [4.78, 5) is -0.912. The van der Waals surface area contributed by atoms with Crippen LogP contribution < -0.4 is 10.0 Å². The molecule has 0 saturated heterocycles. The van der Waals surface area contributed by atoms with Crippen molar-refractivity contribution in [2.45, 2.75) is 17.9 Å².